The minimum atomic E-state index is -0.302. The maximum absolute atomic E-state index is 14.1. The van der Waals surface area contributed by atoms with E-state index in [9.17, 15) is 9.50 Å². The van der Waals surface area contributed by atoms with E-state index >= 15 is 0 Å². The smallest absolute Gasteiger partial charge is 0.131 e. The summed E-state index contributed by atoms with van der Waals surface area (Å²) in [6.45, 7) is 8.11. The topological polar surface area (TPSA) is 35.5 Å². The van der Waals surface area contributed by atoms with Crippen LogP contribution in [0.3, 0.4) is 0 Å². The molecule has 1 saturated heterocycles. The van der Waals surface area contributed by atoms with Crippen molar-refractivity contribution in [3.05, 3.63) is 29.6 Å². The Labute approximate surface area is 138 Å². The van der Waals surface area contributed by atoms with Crippen LogP contribution in [0, 0.1) is 11.7 Å². The van der Waals surface area contributed by atoms with E-state index < -0.39 is 0 Å². The second kappa shape index (κ2) is 9.46. The number of benzene rings is 1. The van der Waals surface area contributed by atoms with Crippen LogP contribution in [-0.2, 0) is 0 Å². The van der Waals surface area contributed by atoms with E-state index in [-0.39, 0.29) is 42.4 Å². The van der Waals surface area contributed by atoms with Crippen molar-refractivity contribution in [3.8, 4) is 5.75 Å². The molecule has 1 fully saturated rings. The molecule has 0 saturated carbocycles. The highest BCUT2D eigenvalue weighted by atomic mass is 35.5. The molecule has 1 aromatic carbocycles. The highest BCUT2D eigenvalue weighted by molar-refractivity contribution is 5.85. The number of rotatable bonds is 4. The van der Waals surface area contributed by atoms with Crippen molar-refractivity contribution in [2.75, 3.05) is 26.2 Å². The van der Waals surface area contributed by atoms with Crippen molar-refractivity contribution in [2.45, 2.75) is 26.3 Å². The molecule has 21 heavy (non-hydrogen) atoms. The SMILES string of the molecule is CC(C)C[C@@H](c1ccc(O)cc1F)N1CCNCC1.Cl.Cl. The third-order valence-electron chi connectivity index (χ3n) is 3.63. The van der Waals surface area contributed by atoms with Gasteiger partial charge in [0.15, 0.2) is 0 Å². The van der Waals surface area contributed by atoms with E-state index in [1.807, 2.05) is 0 Å². The Bertz CT molecular complexity index is 426. The van der Waals surface area contributed by atoms with Crippen LogP contribution in [0.25, 0.3) is 0 Å². The lowest BCUT2D eigenvalue weighted by molar-refractivity contribution is 0.151. The van der Waals surface area contributed by atoms with Crippen LogP contribution >= 0.6 is 24.8 Å². The van der Waals surface area contributed by atoms with Crippen LogP contribution in [0.1, 0.15) is 31.9 Å². The van der Waals surface area contributed by atoms with E-state index in [1.165, 1.54) is 6.07 Å². The Morgan fingerprint density at radius 1 is 1.24 bits per heavy atom. The Morgan fingerprint density at radius 3 is 2.38 bits per heavy atom. The standard InChI is InChI=1S/C15H23FN2O.2ClH/c1-11(2)9-15(18-7-5-17-6-8-18)13-4-3-12(19)10-14(13)16;;/h3-4,10-11,15,17,19H,5-9H2,1-2H3;2*1H/t15-;;/m0../s1. The number of halogens is 3. The van der Waals surface area contributed by atoms with Crippen LogP contribution in [0.5, 0.6) is 5.75 Å². The van der Waals surface area contributed by atoms with E-state index in [0.29, 0.717) is 11.5 Å². The molecule has 0 radical (unpaired) electrons. The summed E-state index contributed by atoms with van der Waals surface area (Å²) in [6, 6.07) is 4.61. The van der Waals surface area contributed by atoms with Gasteiger partial charge in [-0.3, -0.25) is 4.90 Å². The molecule has 2 rings (SSSR count). The fourth-order valence-electron chi connectivity index (χ4n) is 2.70. The molecule has 0 unspecified atom stereocenters. The maximum atomic E-state index is 14.1. The Morgan fingerprint density at radius 2 is 1.86 bits per heavy atom. The molecule has 2 N–H and O–H groups in total. The van der Waals surface area contributed by atoms with Gasteiger partial charge in [0.05, 0.1) is 0 Å². The molecule has 3 nitrogen and oxygen atoms in total. The lowest BCUT2D eigenvalue weighted by Gasteiger charge is -2.36. The van der Waals surface area contributed by atoms with Crippen molar-refractivity contribution in [2.24, 2.45) is 5.92 Å². The number of aromatic hydroxyl groups is 1. The van der Waals surface area contributed by atoms with Crippen LogP contribution in [0.4, 0.5) is 4.39 Å². The van der Waals surface area contributed by atoms with Crippen molar-refractivity contribution in [1.29, 1.82) is 0 Å². The van der Waals surface area contributed by atoms with E-state index in [0.717, 1.165) is 32.6 Å². The number of piperazine rings is 1. The number of nitrogens with one attached hydrogen (secondary N) is 1. The van der Waals surface area contributed by atoms with Gasteiger partial charge in [-0.1, -0.05) is 19.9 Å². The van der Waals surface area contributed by atoms with Gasteiger partial charge in [-0.25, -0.2) is 4.39 Å². The zero-order valence-electron chi connectivity index (χ0n) is 12.5. The molecule has 1 aliphatic heterocycles. The quantitative estimate of drug-likeness (QED) is 0.883. The van der Waals surface area contributed by atoms with Gasteiger partial charge in [0, 0.05) is 43.9 Å². The first-order chi connectivity index (χ1) is 9.08. The summed E-state index contributed by atoms with van der Waals surface area (Å²) in [5, 5.41) is 12.7. The van der Waals surface area contributed by atoms with Crippen molar-refractivity contribution in [3.63, 3.8) is 0 Å². The number of nitrogens with zero attached hydrogens (tertiary/aromatic N) is 1. The van der Waals surface area contributed by atoms with Gasteiger partial charge >= 0.3 is 0 Å². The van der Waals surface area contributed by atoms with Crippen molar-refractivity contribution in [1.82, 2.24) is 10.2 Å². The third kappa shape index (κ3) is 5.62. The van der Waals surface area contributed by atoms with Gasteiger partial charge in [0.25, 0.3) is 0 Å². The van der Waals surface area contributed by atoms with Crippen LogP contribution in [0.2, 0.25) is 0 Å². The lowest BCUT2D eigenvalue weighted by atomic mass is 9.94. The third-order valence-corrected chi connectivity index (χ3v) is 3.63. The average molecular weight is 339 g/mol. The fraction of sp³-hybridized carbons (Fsp3) is 0.600. The first-order valence-corrected chi connectivity index (χ1v) is 7.01. The molecule has 0 bridgehead atoms. The summed E-state index contributed by atoms with van der Waals surface area (Å²) in [4.78, 5) is 2.34. The molecule has 122 valence electrons. The van der Waals surface area contributed by atoms with Crippen molar-refractivity contribution >= 4 is 24.8 Å². The molecule has 0 spiro atoms. The summed E-state index contributed by atoms with van der Waals surface area (Å²) >= 11 is 0. The Kier molecular flexibility index (Phi) is 9.22. The maximum Gasteiger partial charge on any atom is 0.131 e. The average Bonchev–Trinajstić information content (AvgIpc) is 2.37. The molecule has 1 heterocycles. The van der Waals surface area contributed by atoms with Crippen LogP contribution < -0.4 is 5.32 Å². The summed E-state index contributed by atoms with van der Waals surface area (Å²) < 4.78 is 14.1. The van der Waals surface area contributed by atoms with Gasteiger partial charge in [0.2, 0.25) is 0 Å². The number of phenolic OH excluding ortho intramolecular Hbond substituents is 1. The van der Waals surface area contributed by atoms with Gasteiger partial charge in [-0.05, 0) is 18.4 Å². The van der Waals surface area contributed by atoms with Crippen LogP contribution in [-0.4, -0.2) is 36.2 Å². The number of hydrogen-bond acceptors (Lipinski definition) is 3. The predicted molar refractivity (Wildman–Crippen MR) is 89.2 cm³/mol. The van der Waals surface area contributed by atoms with E-state index in [4.69, 9.17) is 0 Å². The number of hydrogen-bond donors (Lipinski definition) is 2. The Hall–Kier alpha value is -0.550. The molecular weight excluding hydrogens is 314 g/mol. The summed E-state index contributed by atoms with van der Waals surface area (Å²) in [6.07, 6.45) is 0.932. The summed E-state index contributed by atoms with van der Waals surface area (Å²) in [5.74, 6) is 0.196. The summed E-state index contributed by atoms with van der Waals surface area (Å²) in [7, 11) is 0. The molecule has 1 atom stereocenters. The first kappa shape index (κ1) is 20.5. The van der Waals surface area contributed by atoms with Gasteiger partial charge < -0.3 is 10.4 Å². The predicted octanol–water partition coefficient (Wildman–Crippen LogP) is 3.37. The number of phenols is 1. The van der Waals surface area contributed by atoms with Crippen LogP contribution in [0.15, 0.2) is 18.2 Å². The monoisotopic (exact) mass is 338 g/mol. The minimum Gasteiger partial charge on any atom is -0.508 e. The minimum absolute atomic E-state index is 0. The van der Waals surface area contributed by atoms with Gasteiger partial charge in [0.1, 0.15) is 11.6 Å². The van der Waals surface area contributed by atoms with Gasteiger partial charge in [-0.15, -0.1) is 24.8 Å². The molecule has 1 aromatic rings. The summed E-state index contributed by atoms with van der Waals surface area (Å²) in [5.41, 5.74) is 0.702. The molecule has 6 heteroatoms. The largest absolute Gasteiger partial charge is 0.508 e. The van der Waals surface area contributed by atoms with E-state index in [1.54, 1.807) is 12.1 Å². The fourth-order valence-corrected chi connectivity index (χ4v) is 2.70. The second-order valence-corrected chi connectivity index (χ2v) is 5.64. The first-order valence-electron chi connectivity index (χ1n) is 7.01. The van der Waals surface area contributed by atoms with Crippen molar-refractivity contribution < 1.29 is 9.50 Å². The molecule has 0 aromatic heterocycles. The molecule has 0 aliphatic carbocycles. The van der Waals surface area contributed by atoms with E-state index in [2.05, 4.69) is 24.1 Å². The second-order valence-electron chi connectivity index (χ2n) is 5.64. The zero-order chi connectivity index (χ0) is 13.8. The Balaban J connectivity index is 0.00000200. The lowest BCUT2D eigenvalue weighted by Crippen LogP contribution is -2.45. The highest BCUT2D eigenvalue weighted by Gasteiger charge is 2.25. The highest BCUT2D eigenvalue weighted by Crippen LogP contribution is 2.31. The normalized spacial score (nSPS) is 17.0. The van der Waals surface area contributed by atoms with Gasteiger partial charge in [-0.2, -0.15) is 0 Å². The molecule has 0 amide bonds. The molecule has 1 aliphatic rings. The zero-order valence-corrected chi connectivity index (χ0v) is 14.1. The molecular formula is C15H25Cl2FN2O.